The van der Waals surface area contributed by atoms with Crippen LogP contribution in [0.15, 0.2) is 73.4 Å². The van der Waals surface area contributed by atoms with Gasteiger partial charge in [-0.2, -0.15) is 0 Å². The van der Waals surface area contributed by atoms with E-state index in [1.54, 1.807) is 82.6 Å². The average molecular weight is 1010 g/mol. The van der Waals surface area contributed by atoms with E-state index in [1.807, 2.05) is 6.07 Å². The number of para-hydroxylation sites is 2. The maximum atomic E-state index is 14.4. The highest BCUT2D eigenvalue weighted by atomic mass is 16.4. The van der Waals surface area contributed by atoms with E-state index in [-0.39, 0.29) is 31.6 Å². The number of imidazole rings is 1. The third-order valence-corrected chi connectivity index (χ3v) is 11.9. The summed E-state index contributed by atoms with van der Waals surface area (Å²) in [5.74, 6) is -9.54. The van der Waals surface area contributed by atoms with Crippen molar-refractivity contribution in [2.45, 2.75) is 115 Å². The number of carbonyl (C=O) groups excluding carboxylic acids is 7. The SMILES string of the molecule is CC(C)C[C@H](NC(=O)[C@@H](N)CC(=O)O)C(=O)N[C@@H](Cc1cnc[nH]1)C(=O)N[C@@H](Cc1c[nH]c2ccccc12)C(=O)N[C@@H](C)C(=O)N[C@@H](CO)C(=O)N[C@@H](Cc1c[nH]c2ccccc12)C(=O)N[C@H](C(=O)O)C(C)C. The van der Waals surface area contributed by atoms with Crippen LogP contribution in [-0.2, 0) is 62.4 Å². The van der Waals surface area contributed by atoms with Crippen molar-refractivity contribution in [3.05, 3.63) is 90.3 Å². The quantitative estimate of drug-likeness (QED) is 0.0312. The molecule has 8 atom stereocenters. The standard InChI is InChI=1S/C49H64N12O12/c1-24(2)14-35(56-43(66)32(50)18-40(63)64)45(68)59-38(17-29-21-51-23-54-29)46(69)57-36(15-27-19-52-33-12-8-6-10-30(27)33)44(67)55-26(5)42(65)60-39(22-62)48(71)58-37(47(70)61-41(25(3)4)49(72)73)16-28-20-53-34-13-9-7-11-31(28)34/h6-13,19-21,23-26,32,35-39,41,52-53,62H,14-18,22,50H2,1-5H3,(H,51,54)(H,55,67)(H,56,66)(H,57,69)(H,58,71)(H,59,68)(H,60,65)(H,61,70)(H,63,64)(H,72,73)/t26-,32-,35-,36-,37-,38-,39-,41-/m0/s1. The number of nitrogens with two attached hydrogens (primary N) is 1. The van der Waals surface area contributed by atoms with Crippen LogP contribution in [0.4, 0.5) is 0 Å². The minimum Gasteiger partial charge on any atom is -0.481 e. The molecule has 5 aromatic rings. The van der Waals surface area contributed by atoms with Gasteiger partial charge in [-0.25, -0.2) is 9.78 Å². The monoisotopic (exact) mass is 1010 g/mol. The Bertz CT molecular complexity index is 2750. The van der Waals surface area contributed by atoms with Gasteiger partial charge >= 0.3 is 11.9 Å². The number of H-pyrrole nitrogens is 3. The number of benzene rings is 2. The molecule has 15 N–H and O–H groups in total. The van der Waals surface area contributed by atoms with Gasteiger partial charge in [-0.3, -0.25) is 38.4 Å². The number of aliphatic carboxylic acids is 2. The zero-order valence-corrected chi connectivity index (χ0v) is 41.0. The first-order chi connectivity index (χ1) is 34.6. The molecule has 0 unspecified atom stereocenters. The lowest BCUT2D eigenvalue weighted by atomic mass is 10.0. The molecule has 24 nitrogen and oxygen atoms in total. The molecule has 3 aromatic heterocycles. The summed E-state index contributed by atoms with van der Waals surface area (Å²) >= 11 is 0. The van der Waals surface area contributed by atoms with Crippen molar-refractivity contribution in [3.63, 3.8) is 0 Å². The van der Waals surface area contributed by atoms with Gasteiger partial charge in [0.2, 0.25) is 41.4 Å². The second-order valence-electron chi connectivity index (χ2n) is 18.5. The number of aliphatic hydroxyl groups is 1. The number of hydrogen-bond donors (Lipinski definition) is 14. The average Bonchev–Trinajstić information content (AvgIpc) is 4.11. The van der Waals surface area contributed by atoms with Crippen LogP contribution < -0.4 is 43.0 Å². The van der Waals surface area contributed by atoms with Gasteiger partial charge in [0.25, 0.3) is 0 Å². The number of amides is 7. The number of fused-ring (bicyclic) bond motifs is 2. The first-order valence-corrected chi connectivity index (χ1v) is 23.7. The van der Waals surface area contributed by atoms with E-state index >= 15 is 0 Å². The summed E-state index contributed by atoms with van der Waals surface area (Å²) in [6.07, 6.45) is 5.01. The molecule has 7 amide bonds. The maximum absolute atomic E-state index is 14.4. The predicted molar refractivity (Wildman–Crippen MR) is 265 cm³/mol. The summed E-state index contributed by atoms with van der Waals surface area (Å²) in [5, 5.41) is 48.6. The Morgan fingerprint density at radius 2 is 1.04 bits per heavy atom. The van der Waals surface area contributed by atoms with Crippen molar-refractivity contribution in [3.8, 4) is 0 Å². The number of aliphatic hydroxyl groups excluding tert-OH is 1. The van der Waals surface area contributed by atoms with Gasteiger partial charge in [0.05, 0.1) is 25.4 Å². The minimum absolute atomic E-state index is 0.0759. The zero-order valence-electron chi connectivity index (χ0n) is 41.0. The molecular weight excluding hydrogens is 949 g/mol. The van der Waals surface area contributed by atoms with Gasteiger partial charge in [0.15, 0.2) is 0 Å². The summed E-state index contributed by atoms with van der Waals surface area (Å²) in [5.41, 5.74) is 8.84. The number of carboxylic acid groups (broad SMARTS) is 2. The van der Waals surface area contributed by atoms with Crippen molar-refractivity contribution in [1.29, 1.82) is 0 Å². The van der Waals surface area contributed by atoms with Crippen molar-refractivity contribution in [1.82, 2.24) is 57.2 Å². The Hall–Kier alpha value is -8.12. The number of hydrogen-bond acceptors (Lipinski definition) is 12. The smallest absolute Gasteiger partial charge is 0.326 e. The van der Waals surface area contributed by atoms with E-state index in [1.165, 1.54) is 19.4 Å². The number of rotatable bonds is 27. The van der Waals surface area contributed by atoms with Crippen molar-refractivity contribution in [2.24, 2.45) is 17.6 Å². The summed E-state index contributed by atoms with van der Waals surface area (Å²) in [6.45, 7) is 7.10. The lowest BCUT2D eigenvalue weighted by molar-refractivity contribution is -0.143. The first-order valence-electron chi connectivity index (χ1n) is 23.7. The highest BCUT2D eigenvalue weighted by molar-refractivity contribution is 5.98. The van der Waals surface area contributed by atoms with E-state index in [0.717, 1.165) is 16.4 Å². The molecule has 3 heterocycles. The highest BCUT2D eigenvalue weighted by Gasteiger charge is 2.35. The number of aromatic amines is 3. The second-order valence-corrected chi connectivity index (χ2v) is 18.5. The molecule has 0 saturated carbocycles. The Morgan fingerprint density at radius 3 is 1.52 bits per heavy atom. The molecule has 0 aliphatic rings. The molecule has 0 spiro atoms. The Kier molecular flexibility index (Phi) is 19.7. The van der Waals surface area contributed by atoms with Crippen molar-refractivity contribution in [2.75, 3.05) is 6.61 Å². The van der Waals surface area contributed by atoms with Crippen LogP contribution in [0.1, 0.15) is 64.3 Å². The van der Waals surface area contributed by atoms with Crippen LogP contribution in [0.5, 0.6) is 0 Å². The third kappa shape index (κ3) is 15.7. The van der Waals surface area contributed by atoms with Crippen LogP contribution in [0.25, 0.3) is 21.8 Å². The number of nitrogens with one attached hydrogen (secondary N) is 10. The molecule has 392 valence electrons. The number of aromatic nitrogens is 4. The van der Waals surface area contributed by atoms with E-state index in [4.69, 9.17) is 10.8 Å². The Labute approximate surface area is 419 Å². The summed E-state index contributed by atoms with van der Waals surface area (Å²) in [7, 11) is 0. The fourth-order valence-corrected chi connectivity index (χ4v) is 8.00. The van der Waals surface area contributed by atoms with Crippen molar-refractivity contribution >= 4 is 75.1 Å². The predicted octanol–water partition coefficient (Wildman–Crippen LogP) is -0.605. The summed E-state index contributed by atoms with van der Waals surface area (Å²) in [6, 6.07) is 3.03. The van der Waals surface area contributed by atoms with Gasteiger partial charge in [-0.15, -0.1) is 0 Å². The Morgan fingerprint density at radius 1 is 0.575 bits per heavy atom. The third-order valence-electron chi connectivity index (χ3n) is 11.9. The fraction of sp³-hybridized carbons (Fsp3) is 0.429. The van der Waals surface area contributed by atoms with Crippen molar-refractivity contribution < 1.29 is 58.5 Å². The van der Waals surface area contributed by atoms with E-state index < -0.39 is 121 Å². The van der Waals surface area contributed by atoms with Gasteiger partial charge in [-0.1, -0.05) is 64.1 Å². The van der Waals surface area contributed by atoms with Gasteiger partial charge in [-0.05, 0) is 48.4 Å². The molecular formula is C49H64N12O12. The van der Waals surface area contributed by atoms with E-state index in [0.29, 0.717) is 22.2 Å². The van der Waals surface area contributed by atoms with Crippen LogP contribution in [0.3, 0.4) is 0 Å². The molecule has 0 saturated heterocycles. The van der Waals surface area contributed by atoms with Crippen LogP contribution in [0.2, 0.25) is 0 Å². The molecule has 0 radical (unpaired) electrons. The Balaban J connectivity index is 1.35. The van der Waals surface area contributed by atoms with Crippen LogP contribution in [0, 0.1) is 11.8 Å². The normalized spacial score (nSPS) is 14.7. The molecule has 73 heavy (non-hydrogen) atoms. The highest BCUT2D eigenvalue weighted by Crippen LogP contribution is 2.21. The molecule has 0 aliphatic heterocycles. The fourth-order valence-electron chi connectivity index (χ4n) is 8.00. The summed E-state index contributed by atoms with van der Waals surface area (Å²) in [4.78, 5) is 133. The molecule has 0 aliphatic carbocycles. The number of nitrogens with zero attached hydrogens (tertiary/aromatic N) is 1. The van der Waals surface area contributed by atoms with Crippen LogP contribution >= 0.6 is 0 Å². The number of carbonyl (C=O) groups is 9. The molecule has 0 bridgehead atoms. The molecule has 0 fully saturated rings. The zero-order chi connectivity index (χ0) is 53.5. The van der Waals surface area contributed by atoms with Gasteiger partial charge in [0, 0.05) is 65.4 Å². The lowest BCUT2D eigenvalue weighted by Gasteiger charge is -2.27. The van der Waals surface area contributed by atoms with E-state index in [2.05, 4.69) is 57.2 Å². The topological polar surface area (TPSA) is 385 Å². The minimum atomic E-state index is -1.67. The summed E-state index contributed by atoms with van der Waals surface area (Å²) < 4.78 is 0. The largest absolute Gasteiger partial charge is 0.481 e. The molecule has 24 heteroatoms. The first kappa shape index (κ1) is 55.8. The van der Waals surface area contributed by atoms with Gasteiger partial charge < -0.3 is 73.2 Å². The number of carboxylic acids is 2. The molecule has 5 rings (SSSR count). The maximum Gasteiger partial charge on any atom is 0.326 e. The van der Waals surface area contributed by atoms with E-state index in [9.17, 15) is 53.4 Å². The molecule has 2 aromatic carbocycles. The van der Waals surface area contributed by atoms with Crippen LogP contribution in [-0.4, -0.2) is 143 Å². The second kappa shape index (κ2) is 25.8. The lowest BCUT2D eigenvalue weighted by Crippen LogP contribution is -2.61. The van der Waals surface area contributed by atoms with Gasteiger partial charge in [0.1, 0.15) is 42.3 Å².